The Morgan fingerprint density at radius 3 is 2.62 bits per heavy atom. The second-order valence-corrected chi connectivity index (χ2v) is 7.64. The summed E-state index contributed by atoms with van der Waals surface area (Å²) in [6.07, 6.45) is 2.12. The number of aromatic nitrogens is 2. The molecule has 1 aliphatic rings. The van der Waals surface area contributed by atoms with Gasteiger partial charge >= 0.3 is 0 Å². The molecular formula is C20H21Cl2N3O. The highest BCUT2D eigenvalue weighted by molar-refractivity contribution is 6.36. The first-order chi connectivity index (χ1) is 12.7. The molecule has 3 aromatic rings. The van der Waals surface area contributed by atoms with Crippen molar-refractivity contribution >= 4 is 40.2 Å². The molecule has 2 aromatic carbocycles. The average molecular weight is 390 g/mol. The molecule has 1 aromatic heterocycles. The lowest BCUT2D eigenvalue weighted by atomic mass is 9.99. The van der Waals surface area contributed by atoms with Gasteiger partial charge in [-0.05, 0) is 43.0 Å². The molecule has 1 N–H and O–H groups in total. The molecule has 4 rings (SSSR count). The molecule has 4 nitrogen and oxygen atoms in total. The summed E-state index contributed by atoms with van der Waals surface area (Å²) in [4.78, 5) is 7.15. The first-order valence-corrected chi connectivity index (χ1v) is 9.67. The molecule has 0 radical (unpaired) electrons. The summed E-state index contributed by atoms with van der Waals surface area (Å²) in [5, 5.41) is 10.9. The van der Waals surface area contributed by atoms with Crippen molar-refractivity contribution in [2.75, 3.05) is 24.6 Å². The smallest absolute Gasteiger partial charge is 0.206 e. The molecule has 1 aliphatic heterocycles. The fourth-order valence-corrected chi connectivity index (χ4v) is 4.21. The topological polar surface area (TPSA) is 41.3 Å². The number of aliphatic hydroxyl groups is 1. The van der Waals surface area contributed by atoms with Crippen LogP contribution in [0.5, 0.6) is 0 Å². The highest BCUT2D eigenvalue weighted by Crippen LogP contribution is 2.31. The van der Waals surface area contributed by atoms with E-state index in [2.05, 4.69) is 15.5 Å². The Hall–Kier alpha value is -1.75. The van der Waals surface area contributed by atoms with E-state index in [1.54, 1.807) is 0 Å². The summed E-state index contributed by atoms with van der Waals surface area (Å²) in [5.74, 6) is 1.21. The average Bonchev–Trinajstić information content (AvgIpc) is 3.03. The number of para-hydroxylation sites is 2. The molecule has 0 saturated carbocycles. The fourth-order valence-electron chi connectivity index (χ4n) is 3.70. The first kappa shape index (κ1) is 17.7. The van der Waals surface area contributed by atoms with Crippen molar-refractivity contribution in [3.05, 3.63) is 58.1 Å². The zero-order valence-electron chi connectivity index (χ0n) is 14.4. The number of fused-ring (bicyclic) bond motifs is 1. The highest BCUT2D eigenvalue weighted by atomic mass is 35.5. The molecule has 0 unspecified atom stereocenters. The molecule has 6 heteroatoms. The van der Waals surface area contributed by atoms with E-state index < -0.39 is 0 Å². The van der Waals surface area contributed by atoms with Gasteiger partial charge in [-0.3, -0.25) is 0 Å². The Morgan fingerprint density at radius 1 is 1.08 bits per heavy atom. The van der Waals surface area contributed by atoms with E-state index in [4.69, 9.17) is 28.2 Å². The van der Waals surface area contributed by atoms with Gasteiger partial charge in [-0.1, -0.05) is 41.4 Å². The number of anilines is 1. The Labute approximate surface area is 163 Å². The maximum atomic E-state index is 9.58. The number of nitrogens with zero attached hydrogens (tertiary/aromatic N) is 3. The van der Waals surface area contributed by atoms with Gasteiger partial charge in [-0.15, -0.1) is 0 Å². The Morgan fingerprint density at radius 2 is 1.85 bits per heavy atom. The van der Waals surface area contributed by atoms with Crippen molar-refractivity contribution in [1.82, 2.24) is 9.55 Å². The van der Waals surface area contributed by atoms with Crippen LogP contribution in [0.2, 0.25) is 10.0 Å². The van der Waals surface area contributed by atoms with Crippen molar-refractivity contribution < 1.29 is 5.11 Å². The van der Waals surface area contributed by atoms with E-state index in [1.807, 2.05) is 36.4 Å². The molecule has 0 aliphatic carbocycles. The SMILES string of the molecule is OC[C@@H]1CCCN(c2nc3ccccc3n2Cc2c(Cl)cccc2Cl)C1. The minimum absolute atomic E-state index is 0.215. The molecule has 136 valence electrons. The van der Waals surface area contributed by atoms with Gasteiger partial charge in [0.2, 0.25) is 5.95 Å². The number of halogens is 2. The molecular weight excluding hydrogens is 369 g/mol. The minimum atomic E-state index is 0.215. The Balaban J connectivity index is 1.79. The quantitative estimate of drug-likeness (QED) is 0.708. The third-order valence-electron chi connectivity index (χ3n) is 5.07. The number of piperidine rings is 1. The molecule has 2 heterocycles. The predicted molar refractivity (Wildman–Crippen MR) is 107 cm³/mol. The Bertz CT molecular complexity index is 904. The molecule has 0 bridgehead atoms. The number of aliphatic hydroxyl groups excluding tert-OH is 1. The van der Waals surface area contributed by atoms with Crippen LogP contribution in [0.25, 0.3) is 11.0 Å². The van der Waals surface area contributed by atoms with Gasteiger partial charge in [0.25, 0.3) is 0 Å². The monoisotopic (exact) mass is 389 g/mol. The van der Waals surface area contributed by atoms with Gasteiger partial charge in [0.1, 0.15) is 0 Å². The normalized spacial score (nSPS) is 17.8. The molecule has 0 spiro atoms. The third-order valence-corrected chi connectivity index (χ3v) is 5.78. The van der Waals surface area contributed by atoms with Crippen LogP contribution < -0.4 is 4.90 Å². The summed E-state index contributed by atoms with van der Waals surface area (Å²) in [7, 11) is 0. The van der Waals surface area contributed by atoms with Crippen LogP contribution in [0.15, 0.2) is 42.5 Å². The van der Waals surface area contributed by atoms with Crippen LogP contribution in [0, 0.1) is 5.92 Å². The van der Waals surface area contributed by atoms with E-state index in [-0.39, 0.29) is 6.61 Å². The predicted octanol–water partition coefficient (Wildman–Crippen LogP) is 4.60. The van der Waals surface area contributed by atoms with Gasteiger partial charge in [-0.25, -0.2) is 4.98 Å². The minimum Gasteiger partial charge on any atom is -0.396 e. The van der Waals surface area contributed by atoms with Crippen LogP contribution in [0.1, 0.15) is 18.4 Å². The van der Waals surface area contributed by atoms with Crippen molar-refractivity contribution in [2.24, 2.45) is 5.92 Å². The third kappa shape index (κ3) is 3.29. The molecule has 1 saturated heterocycles. The van der Waals surface area contributed by atoms with Crippen molar-refractivity contribution in [3.63, 3.8) is 0 Å². The van der Waals surface area contributed by atoms with E-state index in [1.165, 1.54) is 0 Å². The van der Waals surface area contributed by atoms with Gasteiger partial charge < -0.3 is 14.6 Å². The summed E-state index contributed by atoms with van der Waals surface area (Å²) in [6, 6.07) is 13.7. The second-order valence-electron chi connectivity index (χ2n) is 6.82. The maximum absolute atomic E-state index is 9.58. The lowest BCUT2D eigenvalue weighted by molar-refractivity contribution is 0.208. The van der Waals surface area contributed by atoms with E-state index in [0.29, 0.717) is 22.5 Å². The number of hydrogen-bond donors (Lipinski definition) is 1. The van der Waals surface area contributed by atoms with Gasteiger partial charge in [0.15, 0.2) is 0 Å². The zero-order chi connectivity index (χ0) is 18.1. The van der Waals surface area contributed by atoms with Gasteiger partial charge in [-0.2, -0.15) is 0 Å². The van der Waals surface area contributed by atoms with Gasteiger partial charge in [0, 0.05) is 35.3 Å². The molecule has 26 heavy (non-hydrogen) atoms. The van der Waals surface area contributed by atoms with Crippen molar-refractivity contribution in [1.29, 1.82) is 0 Å². The summed E-state index contributed by atoms with van der Waals surface area (Å²) in [5.41, 5.74) is 2.91. The lowest BCUT2D eigenvalue weighted by Gasteiger charge is -2.33. The number of hydrogen-bond acceptors (Lipinski definition) is 3. The zero-order valence-corrected chi connectivity index (χ0v) is 15.9. The number of imidazole rings is 1. The largest absolute Gasteiger partial charge is 0.396 e. The van der Waals surface area contributed by atoms with E-state index in [0.717, 1.165) is 48.5 Å². The van der Waals surface area contributed by atoms with Crippen LogP contribution in [-0.2, 0) is 6.54 Å². The summed E-state index contributed by atoms with van der Waals surface area (Å²) >= 11 is 12.8. The molecule has 1 atom stereocenters. The number of benzene rings is 2. The summed E-state index contributed by atoms with van der Waals surface area (Å²) in [6.45, 7) is 2.54. The molecule has 0 amide bonds. The van der Waals surface area contributed by atoms with Gasteiger partial charge in [0.05, 0.1) is 17.6 Å². The summed E-state index contributed by atoms with van der Waals surface area (Å²) < 4.78 is 2.18. The molecule has 1 fully saturated rings. The lowest BCUT2D eigenvalue weighted by Crippen LogP contribution is -2.38. The van der Waals surface area contributed by atoms with E-state index in [9.17, 15) is 5.11 Å². The van der Waals surface area contributed by atoms with Crippen LogP contribution in [-0.4, -0.2) is 34.4 Å². The van der Waals surface area contributed by atoms with E-state index >= 15 is 0 Å². The van der Waals surface area contributed by atoms with Crippen LogP contribution >= 0.6 is 23.2 Å². The first-order valence-electron chi connectivity index (χ1n) is 8.91. The van der Waals surface area contributed by atoms with Crippen LogP contribution in [0.4, 0.5) is 5.95 Å². The second kappa shape index (κ2) is 7.47. The van der Waals surface area contributed by atoms with Crippen molar-refractivity contribution in [2.45, 2.75) is 19.4 Å². The van der Waals surface area contributed by atoms with Crippen LogP contribution in [0.3, 0.4) is 0 Å². The number of rotatable bonds is 4. The highest BCUT2D eigenvalue weighted by Gasteiger charge is 2.24. The fraction of sp³-hybridized carbons (Fsp3) is 0.350. The Kier molecular flexibility index (Phi) is 5.07. The standard InChI is InChI=1S/C20H21Cl2N3O/c21-16-6-3-7-17(22)15(16)12-25-19-9-2-1-8-18(19)23-20(25)24-10-4-5-14(11-24)13-26/h1-3,6-9,14,26H,4-5,10-13H2/t14-/m1/s1. The maximum Gasteiger partial charge on any atom is 0.206 e. The van der Waals surface area contributed by atoms with Crippen molar-refractivity contribution in [3.8, 4) is 0 Å².